The Morgan fingerprint density at radius 1 is 1.15 bits per heavy atom. The summed E-state index contributed by atoms with van der Waals surface area (Å²) < 4.78 is 10.5. The number of aromatic hydroxyl groups is 1. The number of nitrogens with one attached hydrogen (secondary N) is 1. The SMILES string of the molecule is COc1cc2ncc(C(=O)NCc3ccc(Cl)cc3)c(O)c2cc1OC. The molecular formula is C19H17ClN2O4. The van der Waals surface area contributed by atoms with E-state index in [1.165, 1.54) is 20.4 Å². The molecule has 6 nitrogen and oxygen atoms in total. The summed E-state index contributed by atoms with van der Waals surface area (Å²) in [6.45, 7) is 0.305. The molecule has 0 aliphatic heterocycles. The minimum Gasteiger partial charge on any atom is -0.506 e. The van der Waals surface area contributed by atoms with Gasteiger partial charge in [0.1, 0.15) is 11.3 Å². The zero-order valence-electron chi connectivity index (χ0n) is 14.2. The molecule has 134 valence electrons. The molecule has 0 saturated heterocycles. The second-order valence-electron chi connectivity index (χ2n) is 5.55. The molecule has 1 amide bonds. The highest BCUT2D eigenvalue weighted by Gasteiger charge is 2.17. The Kier molecular flexibility index (Phi) is 5.14. The van der Waals surface area contributed by atoms with Gasteiger partial charge in [-0.05, 0) is 23.8 Å². The monoisotopic (exact) mass is 372 g/mol. The molecule has 0 atom stereocenters. The number of nitrogens with zero attached hydrogens (tertiary/aromatic N) is 1. The van der Waals surface area contributed by atoms with Gasteiger partial charge in [-0.25, -0.2) is 0 Å². The number of rotatable bonds is 5. The van der Waals surface area contributed by atoms with E-state index < -0.39 is 5.91 Å². The quantitative estimate of drug-likeness (QED) is 0.716. The molecule has 2 aromatic carbocycles. The number of benzene rings is 2. The number of fused-ring (bicyclic) bond motifs is 1. The molecule has 1 heterocycles. The van der Waals surface area contributed by atoms with Gasteiger partial charge in [-0.15, -0.1) is 0 Å². The summed E-state index contributed by atoms with van der Waals surface area (Å²) in [5.41, 5.74) is 1.47. The fourth-order valence-electron chi connectivity index (χ4n) is 2.55. The molecule has 0 unspecified atom stereocenters. The van der Waals surface area contributed by atoms with Crippen molar-refractivity contribution in [1.82, 2.24) is 10.3 Å². The third kappa shape index (κ3) is 3.50. The molecule has 3 aromatic rings. The topological polar surface area (TPSA) is 80.7 Å². The summed E-state index contributed by atoms with van der Waals surface area (Å²) in [7, 11) is 3.01. The van der Waals surface area contributed by atoms with Crippen LogP contribution in [-0.2, 0) is 6.54 Å². The Hall–Kier alpha value is -2.99. The predicted molar refractivity (Wildman–Crippen MR) is 99.1 cm³/mol. The van der Waals surface area contributed by atoms with Crippen LogP contribution in [0.4, 0.5) is 0 Å². The summed E-state index contributed by atoms with van der Waals surface area (Å²) in [5.74, 6) is 0.342. The van der Waals surface area contributed by atoms with Crippen molar-refractivity contribution >= 4 is 28.4 Å². The first-order valence-electron chi connectivity index (χ1n) is 7.80. The summed E-state index contributed by atoms with van der Waals surface area (Å²) in [4.78, 5) is 16.7. The maximum atomic E-state index is 12.4. The largest absolute Gasteiger partial charge is 0.506 e. The molecule has 26 heavy (non-hydrogen) atoms. The second kappa shape index (κ2) is 7.49. The zero-order valence-corrected chi connectivity index (χ0v) is 15.0. The minimum absolute atomic E-state index is 0.0821. The highest BCUT2D eigenvalue weighted by Crippen LogP contribution is 2.36. The third-order valence-electron chi connectivity index (χ3n) is 3.96. The van der Waals surface area contributed by atoms with Crippen LogP contribution in [0.5, 0.6) is 17.2 Å². The average Bonchev–Trinajstić information content (AvgIpc) is 2.66. The van der Waals surface area contributed by atoms with E-state index in [0.29, 0.717) is 34.0 Å². The summed E-state index contributed by atoms with van der Waals surface area (Å²) in [6, 6.07) is 10.4. The smallest absolute Gasteiger partial charge is 0.256 e. The number of hydrogen-bond acceptors (Lipinski definition) is 5. The van der Waals surface area contributed by atoms with Gasteiger partial charge in [-0.1, -0.05) is 23.7 Å². The molecule has 7 heteroatoms. The lowest BCUT2D eigenvalue weighted by Gasteiger charge is -2.12. The fourth-order valence-corrected chi connectivity index (χ4v) is 2.68. The number of carbonyl (C=O) groups excluding carboxylic acids is 1. The van der Waals surface area contributed by atoms with E-state index in [4.69, 9.17) is 21.1 Å². The van der Waals surface area contributed by atoms with Crippen LogP contribution in [0.1, 0.15) is 15.9 Å². The first-order valence-corrected chi connectivity index (χ1v) is 8.17. The molecule has 0 spiro atoms. The molecular weight excluding hydrogens is 356 g/mol. The van der Waals surface area contributed by atoms with Gasteiger partial charge in [0.2, 0.25) is 0 Å². The number of ether oxygens (including phenoxy) is 2. The minimum atomic E-state index is -0.429. The van der Waals surface area contributed by atoms with Crippen molar-refractivity contribution in [3.05, 3.63) is 58.7 Å². The third-order valence-corrected chi connectivity index (χ3v) is 4.21. The highest BCUT2D eigenvalue weighted by atomic mass is 35.5. The maximum absolute atomic E-state index is 12.4. The van der Waals surface area contributed by atoms with Gasteiger partial charge in [0, 0.05) is 29.2 Å². The number of hydrogen-bond donors (Lipinski definition) is 2. The standard InChI is InChI=1S/C19H17ClN2O4/c1-25-16-7-13-15(8-17(16)26-2)21-10-14(18(13)23)19(24)22-9-11-3-5-12(20)6-4-11/h3-8,10H,9H2,1-2H3,(H,21,23)(H,22,24). The van der Waals surface area contributed by atoms with E-state index in [-0.39, 0.29) is 11.3 Å². The Bertz CT molecular complexity index is 958. The number of carbonyl (C=O) groups is 1. The lowest BCUT2D eigenvalue weighted by molar-refractivity contribution is 0.0948. The van der Waals surface area contributed by atoms with Crippen molar-refractivity contribution in [3.8, 4) is 17.2 Å². The van der Waals surface area contributed by atoms with Crippen LogP contribution in [0.2, 0.25) is 5.02 Å². The molecule has 2 N–H and O–H groups in total. The first kappa shape index (κ1) is 17.8. The Morgan fingerprint density at radius 3 is 2.46 bits per heavy atom. The lowest BCUT2D eigenvalue weighted by atomic mass is 10.1. The van der Waals surface area contributed by atoms with E-state index in [1.807, 2.05) is 12.1 Å². The Labute approximate surface area is 155 Å². The normalized spacial score (nSPS) is 10.6. The number of aromatic nitrogens is 1. The van der Waals surface area contributed by atoms with Gasteiger partial charge in [0.25, 0.3) is 5.91 Å². The van der Waals surface area contributed by atoms with Crippen molar-refractivity contribution in [2.75, 3.05) is 14.2 Å². The predicted octanol–water partition coefficient (Wildman–Crippen LogP) is 3.54. The van der Waals surface area contributed by atoms with Crippen LogP contribution in [0.25, 0.3) is 10.9 Å². The molecule has 0 fully saturated rings. The number of methoxy groups -OCH3 is 2. The summed E-state index contributed by atoms with van der Waals surface area (Å²) in [5, 5.41) is 14.3. The molecule has 0 aliphatic carbocycles. The molecule has 1 aromatic heterocycles. The van der Waals surface area contributed by atoms with Crippen LogP contribution < -0.4 is 14.8 Å². The van der Waals surface area contributed by atoms with Crippen LogP contribution >= 0.6 is 11.6 Å². The maximum Gasteiger partial charge on any atom is 0.256 e. The number of pyridine rings is 1. The van der Waals surface area contributed by atoms with Crippen molar-refractivity contribution in [1.29, 1.82) is 0 Å². The van der Waals surface area contributed by atoms with Crippen LogP contribution in [0.15, 0.2) is 42.6 Å². The van der Waals surface area contributed by atoms with Crippen LogP contribution in [0, 0.1) is 0 Å². The van der Waals surface area contributed by atoms with Gasteiger partial charge >= 0.3 is 0 Å². The first-order chi connectivity index (χ1) is 12.5. The van der Waals surface area contributed by atoms with E-state index in [9.17, 15) is 9.90 Å². The van der Waals surface area contributed by atoms with E-state index >= 15 is 0 Å². The molecule has 0 bridgehead atoms. The van der Waals surface area contributed by atoms with Crippen molar-refractivity contribution in [2.24, 2.45) is 0 Å². The zero-order chi connectivity index (χ0) is 18.7. The van der Waals surface area contributed by atoms with Crippen molar-refractivity contribution in [3.63, 3.8) is 0 Å². The van der Waals surface area contributed by atoms with Gasteiger partial charge < -0.3 is 19.9 Å². The molecule has 3 rings (SSSR count). The van der Waals surface area contributed by atoms with Crippen molar-refractivity contribution < 1.29 is 19.4 Å². The highest BCUT2D eigenvalue weighted by molar-refractivity contribution is 6.30. The molecule has 0 saturated carbocycles. The summed E-state index contributed by atoms with van der Waals surface area (Å²) >= 11 is 5.84. The van der Waals surface area contributed by atoms with E-state index in [1.54, 1.807) is 24.3 Å². The lowest BCUT2D eigenvalue weighted by Crippen LogP contribution is -2.23. The van der Waals surface area contributed by atoms with E-state index in [0.717, 1.165) is 5.56 Å². The Morgan fingerprint density at radius 2 is 1.81 bits per heavy atom. The molecule has 0 aliphatic rings. The van der Waals surface area contributed by atoms with Crippen LogP contribution in [0.3, 0.4) is 0 Å². The average molecular weight is 373 g/mol. The number of halogens is 1. The van der Waals surface area contributed by atoms with Gasteiger partial charge in [-0.3, -0.25) is 9.78 Å². The summed E-state index contributed by atoms with van der Waals surface area (Å²) in [6.07, 6.45) is 1.33. The second-order valence-corrected chi connectivity index (χ2v) is 5.99. The Balaban J connectivity index is 1.88. The van der Waals surface area contributed by atoms with Gasteiger partial charge in [0.05, 0.1) is 19.7 Å². The fraction of sp³-hybridized carbons (Fsp3) is 0.158. The molecule has 0 radical (unpaired) electrons. The number of amides is 1. The van der Waals surface area contributed by atoms with E-state index in [2.05, 4.69) is 10.3 Å². The van der Waals surface area contributed by atoms with Gasteiger partial charge in [0.15, 0.2) is 11.5 Å². The van der Waals surface area contributed by atoms with Crippen molar-refractivity contribution in [2.45, 2.75) is 6.54 Å². The van der Waals surface area contributed by atoms with Gasteiger partial charge in [-0.2, -0.15) is 0 Å². The van der Waals surface area contributed by atoms with Crippen LogP contribution in [-0.4, -0.2) is 30.2 Å².